The molecule has 1 unspecified atom stereocenters. The van der Waals surface area contributed by atoms with Crippen LogP contribution in [-0.2, 0) is 25.2 Å². The van der Waals surface area contributed by atoms with E-state index in [2.05, 4.69) is 9.61 Å². The zero-order valence-electron chi connectivity index (χ0n) is 12.8. The lowest BCUT2D eigenvalue weighted by Crippen LogP contribution is -2.34. The Balaban J connectivity index is 3.01. The van der Waals surface area contributed by atoms with Gasteiger partial charge in [0.15, 0.2) is 11.6 Å². The van der Waals surface area contributed by atoms with Crippen molar-refractivity contribution in [3.05, 3.63) is 29.3 Å². The van der Waals surface area contributed by atoms with Gasteiger partial charge in [-0.3, -0.25) is 9.32 Å². The third-order valence-electron chi connectivity index (χ3n) is 2.69. The number of rotatable bonds is 8. The van der Waals surface area contributed by atoms with Crippen molar-refractivity contribution in [2.24, 2.45) is 0 Å². The van der Waals surface area contributed by atoms with Crippen molar-refractivity contribution < 1.29 is 37.0 Å². The van der Waals surface area contributed by atoms with E-state index in [-0.39, 0.29) is 12.2 Å². The second-order valence-electron chi connectivity index (χ2n) is 4.42. The summed E-state index contributed by atoms with van der Waals surface area (Å²) in [5, 5.41) is 11.2. The Labute approximate surface area is 132 Å². The van der Waals surface area contributed by atoms with Crippen molar-refractivity contribution in [3.8, 4) is 5.75 Å². The number of ether oxygens (including phenoxy) is 1. The summed E-state index contributed by atoms with van der Waals surface area (Å²) in [6.07, 6.45) is 0. The fourth-order valence-corrected chi connectivity index (χ4v) is 2.78. The van der Waals surface area contributed by atoms with Crippen LogP contribution < -0.4 is 9.61 Å². The van der Waals surface area contributed by atoms with Crippen LogP contribution >= 0.6 is 7.75 Å². The van der Waals surface area contributed by atoms with Crippen molar-refractivity contribution in [2.45, 2.75) is 26.5 Å². The number of carbonyl (C=O) groups is 1. The maximum atomic E-state index is 13.7. The monoisotopic (exact) mass is 353 g/mol. The molecule has 0 fully saturated rings. The summed E-state index contributed by atoms with van der Waals surface area (Å²) in [4.78, 5) is 11.5. The summed E-state index contributed by atoms with van der Waals surface area (Å²) in [5.74, 6) is -4.12. The van der Waals surface area contributed by atoms with Crippen molar-refractivity contribution in [1.82, 2.24) is 5.09 Å². The molecule has 0 amide bonds. The molecule has 130 valence electrons. The third kappa shape index (κ3) is 5.24. The van der Waals surface area contributed by atoms with Crippen molar-refractivity contribution >= 4 is 13.7 Å². The SMILES string of the molecule is CCOC(=O)[C@H](C)NP(=O)(OC)Oc1cc(CO)cc(F)c1F. The van der Waals surface area contributed by atoms with Gasteiger partial charge in [-0.15, -0.1) is 0 Å². The minimum atomic E-state index is -4.17. The standard InChI is InChI=1S/C13H18F2NO6P/c1-4-21-13(18)8(2)16-23(19,20-3)22-11-6-9(7-17)5-10(14)12(11)15/h5-6,8,17H,4,7H2,1-3H3,(H,16,19)/t8-,23?/m0/s1. The number of hydrogen-bond donors (Lipinski definition) is 2. The first-order valence-electron chi connectivity index (χ1n) is 6.64. The number of nitrogens with one attached hydrogen (secondary N) is 1. The van der Waals surface area contributed by atoms with Crippen LogP contribution in [-0.4, -0.2) is 30.8 Å². The smallest absolute Gasteiger partial charge is 0.459 e. The highest BCUT2D eigenvalue weighted by Crippen LogP contribution is 2.45. The Morgan fingerprint density at radius 1 is 1.43 bits per heavy atom. The van der Waals surface area contributed by atoms with Gasteiger partial charge in [-0.1, -0.05) is 0 Å². The van der Waals surface area contributed by atoms with E-state index in [1.165, 1.54) is 6.92 Å². The number of benzene rings is 1. The predicted molar refractivity (Wildman–Crippen MR) is 76.8 cm³/mol. The first-order chi connectivity index (χ1) is 10.8. The number of aliphatic hydroxyl groups excluding tert-OH is 1. The maximum Gasteiger partial charge on any atom is 0.459 e. The molecule has 1 aromatic carbocycles. The van der Waals surface area contributed by atoms with Gasteiger partial charge in [0, 0.05) is 7.11 Å². The number of aliphatic hydroxyl groups is 1. The zero-order valence-corrected chi connectivity index (χ0v) is 13.7. The molecule has 0 radical (unpaired) electrons. The molecule has 10 heteroatoms. The molecule has 0 spiro atoms. The molecule has 0 saturated carbocycles. The first kappa shape index (κ1) is 19.5. The summed E-state index contributed by atoms with van der Waals surface area (Å²) in [5.41, 5.74) is 0.0139. The molecule has 1 aromatic rings. The second-order valence-corrected chi connectivity index (χ2v) is 6.22. The van der Waals surface area contributed by atoms with Gasteiger partial charge in [-0.05, 0) is 31.5 Å². The summed E-state index contributed by atoms with van der Waals surface area (Å²) in [6, 6.07) is 0.671. The van der Waals surface area contributed by atoms with E-state index >= 15 is 0 Å². The van der Waals surface area contributed by atoms with E-state index < -0.39 is 43.7 Å². The molecule has 7 nitrogen and oxygen atoms in total. The van der Waals surface area contributed by atoms with Crippen LogP contribution in [0, 0.1) is 11.6 Å². The fraction of sp³-hybridized carbons (Fsp3) is 0.462. The van der Waals surface area contributed by atoms with Gasteiger partial charge in [-0.25, -0.2) is 8.96 Å². The molecule has 1 rings (SSSR count). The predicted octanol–water partition coefficient (Wildman–Crippen LogP) is 2.13. The molecule has 0 bridgehead atoms. The molecular weight excluding hydrogens is 335 g/mol. The normalized spacial score (nSPS) is 14.9. The van der Waals surface area contributed by atoms with Crippen LogP contribution in [0.15, 0.2) is 12.1 Å². The van der Waals surface area contributed by atoms with Crippen LogP contribution in [0.25, 0.3) is 0 Å². The summed E-state index contributed by atoms with van der Waals surface area (Å²) >= 11 is 0. The van der Waals surface area contributed by atoms with Crippen LogP contribution in [0.1, 0.15) is 19.4 Å². The lowest BCUT2D eigenvalue weighted by molar-refractivity contribution is -0.144. The number of carbonyl (C=O) groups excluding carboxylic acids is 1. The molecule has 0 aromatic heterocycles. The highest BCUT2D eigenvalue weighted by atomic mass is 31.2. The number of halogens is 2. The lowest BCUT2D eigenvalue weighted by atomic mass is 10.2. The van der Waals surface area contributed by atoms with Gasteiger partial charge < -0.3 is 14.4 Å². The Hall–Kier alpha value is -1.54. The van der Waals surface area contributed by atoms with Gasteiger partial charge in [0.1, 0.15) is 6.04 Å². The topological polar surface area (TPSA) is 94.1 Å². The van der Waals surface area contributed by atoms with Gasteiger partial charge in [-0.2, -0.15) is 9.48 Å². The number of hydrogen-bond acceptors (Lipinski definition) is 6. The Morgan fingerprint density at radius 3 is 2.61 bits per heavy atom. The Bertz CT molecular complexity index is 612. The first-order valence-corrected chi connectivity index (χ1v) is 8.19. The van der Waals surface area contributed by atoms with Crippen LogP contribution in [0.4, 0.5) is 8.78 Å². The van der Waals surface area contributed by atoms with E-state index in [0.29, 0.717) is 0 Å². The van der Waals surface area contributed by atoms with E-state index in [4.69, 9.17) is 14.4 Å². The maximum absolute atomic E-state index is 13.7. The van der Waals surface area contributed by atoms with Crippen LogP contribution in [0.5, 0.6) is 5.75 Å². The molecule has 2 N–H and O–H groups in total. The van der Waals surface area contributed by atoms with Crippen molar-refractivity contribution in [2.75, 3.05) is 13.7 Å². The summed E-state index contributed by atoms with van der Waals surface area (Å²) < 4.78 is 53.8. The van der Waals surface area contributed by atoms with Crippen LogP contribution in [0.2, 0.25) is 0 Å². The molecule has 0 aliphatic carbocycles. The van der Waals surface area contributed by atoms with E-state index in [0.717, 1.165) is 19.2 Å². The lowest BCUT2D eigenvalue weighted by Gasteiger charge is -2.21. The summed E-state index contributed by atoms with van der Waals surface area (Å²) in [6.45, 7) is 2.47. The highest BCUT2D eigenvalue weighted by Gasteiger charge is 2.32. The van der Waals surface area contributed by atoms with E-state index in [1.807, 2.05) is 0 Å². The van der Waals surface area contributed by atoms with Gasteiger partial charge in [0.2, 0.25) is 5.82 Å². The minimum absolute atomic E-state index is 0.0139. The van der Waals surface area contributed by atoms with Crippen molar-refractivity contribution in [1.29, 1.82) is 0 Å². The third-order valence-corrected chi connectivity index (χ3v) is 4.31. The van der Waals surface area contributed by atoms with E-state index in [1.54, 1.807) is 6.92 Å². The van der Waals surface area contributed by atoms with Gasteiger partial charge >= 0.3 is 13.7 Å². The molecular formula is C13H18F2NO6P. The highest BCUT2D eigenvalue weighted by molar-refractivity contribution is 7.52. The largest absolute Gasteiger partial charge is 0.465 e. The molecule has 2 atom stereocenters. The van der Waals surface area contributed by atoms with Gasteiger partial charge in [0.05, 0.1) is 13.2 Å². The average Bonchev–Trinajstić information content (AvgIpc) is 2.51. The molecule has 0 aliphatic rings. The average molecular weight is 353 g/mol. The Morgan fingerprint density at radius 2 is 2.09 bits per heavy atom. The molecule has 0 saturated heterocycles. The fourth-order valence-electron chi connectivity index (χ4n) is 1.58. The molecule has 0 heterocycles. The van der Waals surface area contributed by atoms with Crippen molar-refractivity contribution in [3.63, 3.8) is 0 Å². The summed E-state index contributed by atoms with van der Waals surface area (Å²) in [7, 11) is -3.16. The van der Waals surface area contributed by atoms with E-state index in [9.17, 15) is 18.1 Å². The minimum Gasteiger partial charge on any atom is -0.465 e. The quantitative estimate of drug-likeness (QED) is 0.546. The number of esters is 1. The molecule has 0 aliphatic heterocycles. The Kier molecular flexibility index (Phi) is 7.08. The van der Waals surface area contributed by atoms with Crippen LogP contribution in [0.3, 0.4) is 0 Å². The second kappa shape index (κ2) is 8.35. The van der Waals surface area contributed by atoms with Gasteiger partial charge in [0.25, 0.3) is 0 Å². The molecule has 23 heavy (non-hydrogen) atoms. The zero-order chi connectivity index (χ0) is 17.6.